The number of aryl methyl sites for hydroxylation is 2. The minimum atomic E-state index is 0. The van der Waals surface area contributed by atoms with E-state index in [4.69, 9.17) is 0 Å². The second-order valence-electron chi connectivity index (χ2n) is 6.78. The van der Waals surface area contributed by atoms with Crippen LogP contribution in [0.4, 0.5) is 0 Å². The Labute approximate surface area is 182 Å². The Morgan fingerprint density at radius 3 is 2.14 bits per heavy atom. The standard InChI is InChI=1S/C27H22.W/c1-3-21-13-9-15-26(27(21)25-14-8-7-10-20(25)2)24-18-16-23(17-19-24)22-11-5-4-6-12-22;/h4-11,13-16,18-19H,3H2,1-2H3;/q-2;+2. The Balaban J connectivity index is 0.00000225. The van der Waals surface area contributed by atoms with Crippen molar-refractivity contribution >= 4 is 0 Å². The molecule has 0 aromatic heterocycles. The minimum absolute atomic E-state index is 0. The van der Waals surface area contributed by atoms with Crippen molar-refractivity contribution in [3.05, 3.63) is 108 Å². The van der Waals surface area contributed by atoms with Crippen LogP contribution in [0.3, 0.4) is 0 Å². The summed E-state index contributed by atoms with van der Waals surface area (Å²) in [6.07, 6.45) is 1.01. The summed E-state index contributed by atoms with van der Waals surface area (Å²) in [5.41, 5.74) is 9.94. The van der Waals surface area contributed by atoms with Crippen molar-refractivity contribution in [3.8, 4) is 33.4 Å². The summed E-state index contributed by atoms with van der Waals surface area (Å²) in [7, 11) is 0. The Hall–Kier alpha value is -2.43. The van der Waals surface area contributed by atoms with E-state index >= 15 is 0 Å². The molecule has 136 valence electrons. The molecule has 0 aliphatic heterocycles. The van der Waals surface area contributed by atoms with Gasteiger partial charge in [-0.3, -0.25) is 0 Å². The van der Waals surface area contributed by atoms with Crippen LogP contribution in [0.15, 0.2) is 84.9 Å². The summed E-state index contributed by atoms with van der Waals surface area (Å²) >= 11 is 0. The van der Waals surface area contributed by atoms with E-state index in [1.54, 1.807) is 0 Å². The Kier molecular flexibility index (Phi) is 6.65. The van der Waals surface area contributed by atoms with Gasteiger partial charge in [-0.25, -0.2) is 11.1 Å². The monoisotopic (exact) mass is 530 g/mol. The zero-order chi connectivity index (χ0) is 18.6. The molecular formula is C27H22W. The molecule has 1 heteroatoms. The smallest absolute Gasteiger partial charge is 0.226 e. The van der Waals surface area contributed by atoms with Gasteiger partial charge in [0.25, 0.3) is 0 Å². The number of rotatable bonds is 4. The second-order valence-corrected chi connectivity index (χ2v) is 6.78. The Bertz CT molecular complexity index is 1050. The molecule has 0 amide bonds. The van der Waals surface area contributed by atoms with Gasteiger partial charge < -0.3 is 0 Å². The van der Waals surface area contributed by atoms with E-state index in [-0.39, 0.29) is 21.1 Å². The number of hydrogen-bond acceptors (Lipinski definition) is 0. The third-order valence-electron chi connectivity index (χ3n) is 5.07. The maximum absolute atomic E-state index is 3.45. The third-order valence-corrected chi connectivity index (χ3v) is 5.07. The van der Waals surface area contributed by atoms with Gasteiger partial charge in [-0.2, -0.15) is 36.4 Å². The molecule has 0 bridgehead atoms. The fourth-order valence-corrected chi connectivity index (χ4v) is 3.63. The van der Waals surface area contributed by atoms with Gasteiger partial charge >= 0.3 is 21.1 Å². The first-order valence-corrected chi connectivity index (χ1v) is 9.45. The topological polar surface area (TPSA) is 0 Å². The van der Waals surface area contributed by atoms with Crippen molar-refractivity contribution < 1.29 is 21.1 Å². The van der Waals surface area contributed by atoms with Gasteiger partial charge in [0.05, 0.1) is 0 Å². The largest absolute Gasteiger partial charge is 2.00 e. The first kappa shape index (κ1) is 20.3. The summed E-state index contributed by atoms with van der Waals surface area (Å²) < 4.78 is 0. The van der Waals surface area contributed by atoms with Gasteiger partial charge in [0.15, 0.2) is 0 Å². The minimum Gasteiger partial charge on any atom is -0.226 e. The Morgan fingerprint density at radius 2 is 1.46 bits per heavy atom. The molecular weight excluding hydrogens is 508 g/mol. The predicted molar refractivity (Wildman–Crippen MR) is 115 cm³/mol. The van der Waals surface area contributed by atoms with E-state index in [1.165, 1.54) is 33.4 Å². The van der Waals surface area contributed by atoms with Crippen molar-refractivity contribution in [2.45, 2.75) is 20.3 Å². The SMILES string of the molecule is CCc1cccc(-c2c[c-]c(-c3[c-]cccc3)cc2)c1-c1ccccc1C.[W+2]. The van der Waals surface area contributed by atoms with Crippen LogP contribution >= 0.6 is 0 Å². The van der Waals surface area contributed by atoms with Crippen LogP contribution in [-0.4, -0.2) is 0 Å². The molecule has 4 rings (SSSR count). The Morgan fingerprint density at radius 1 is 0.714 bits per heavy atom. The zero-order valence-electron chi connectivity index (χ0n) is 16.2. The van der Waals surface area contributed by atoms with Crippen LogP contribution in [0, 0.1) is 19.1 Å². The van der Waals surface area contributed by atoms with Gasteiger partial charge in [0, 0.05) is 0 Å². The van der Waals surface area contributed by atoms with Gasteiger partial charge in [0.1, 0.15) is 0 Å². The normalized spacial score (nSPS) is 10.4. The first-order valence-electron chi connectivity index (χ1n) is 9.45. The molecule has 0 nitrogen and oxygen atoms in total. The summed E-state index contributed by atoms with van der Waals surface area (Å²) in [6.45, 7) is 4.41. The van der Waals surface area contributed by atoms with Crippen molar-refractivity contribution in [2.24, 2.45) is 0 Å². The third kappa shape index (κ3) is 4.03. The van der Waals surface area contributed by atoms with Crippen molar-refractivity contribution in [2.75, 3.05) is 0 Å². The van der Waals surface area contributed by atoms with Crippen molar-refractivity contribution in [1.29, 1.82) is 0 Å². The molecule has 4 aromatic carbocycles. The molecule has 0 atom stereocenters. The van der Waals surface area contributed by atoms with Gasteiger partial charge in [-0.05, 0) is 35.6 Å². The van der Waals surface area contributed by atoms with E-state index in [9.17, 15) is 0 Å². The average molecular weight is 530 g/mol. The van der Waals surface area contributed by atoms with Crippen LogP contribution in [0.1, 0.15) is 18.1 Å². The molecule has 28 heavy (non-hydrogen) atoms. The predicted octanol–water partition coefficient (Wildman–Crippen LogP) is 7.16. The summed E-state index contributed by atoms with van der Waals surface area (Å²) in [5.74, 6) is 0. The van der Waals surface area contributed by atoms with E-state index in [0.717, 1.165) is 17.5 Å². The molecule has 0 unspecified atom stereocenters. The van der Waals surface area contributed by atoms with Crippen LogP contribution < -0.4 is 0 Å². The van der Waals surface area contributed by atoms with E-state index < -0.39 is 0 Å². The summed E-state index contributed by atoms with van der Waals surface area (Å²) in [5, 5.41) is 0. The number of benzene rings is 4. The molecule has 0 radical (unpaired) electrons. The van der Waals surface area contributed by atoms with Crippen LogP contribution in [-0.2, 0) is 27.5 Å². The summed E-state index contributed by atoms with van der Waals surface area (Å²) in [6, 6.07) is 36.5. The number of hydrogen-bond donors (Lipinski definition) is 0. The zero-order valence-corrected chi connectivity index (χ0v) is 19.1. The van der Waals surface area contributed by atoms with Gasteiger partial charge in [-0.1, -0.05) is 55.0 Å². The van der Waals surface area contributed by atoms with Crippen molar-refractivity contribution in [3.63, 3.8) is 0 Å². The second kappa shape index (κ2) is 9.17. The van der Waals surface area contributed by atoms with E-state index in [2.05, 4.69) is 92.7 Å². The fraction of sp³-hybridized carbons (Fsp3) is 0.111. The van der Waals surface area contributed by atoms with Crippen LogP contribution in [0.2, 0.25) is 0 Å². The average Bonchev–Trinajstić information content (AvgIpc) is 2.74. The van der Waals surface area contributed by atoms with Gasteiger partial charge in [-0.15, -0.1) is 23.8 Å². The first-order chi connectivity index (χ1) is 13.3. The molecule has 0 spiro atoms. The molecule has 0 heterocycles. The van der Waals surface area contributed by atoms with Crippen LogP contribution in [0.5, 0.6) is 0 Å². The quantitative estimate of drug-likeness (QED) is 0.246. The van der Waals surface area contributed by atoms with E-state index in [0.29, 0.717) is 0 Å². The molecule has 0 saturated heterocycles. The molecule has 0 aliphatic carbocycles. The molecule has 0 fully saturated rings. The molecule has 0 aliphatic rings. The van der Waals surface area contributed by atoms with E-state index in [1.807, 2.05) is 18.2 Å². The molecule has 0 N–H and O–H groups in total. The van der Waals surface area contributed by atoms with Crippen molar-refractivity contribution in [1.82, 2.24) is 0 Å². The molecule has 4 aromatic rings. The molecule has 0 saturated carbocycles. The fourth-order valence-electron chi connectivity index (χ4n) is 3.63. The maximum Gasteiger partial charge on any atom is 2.00 e. The maximum atomic E-state index is 3.45. The summed E-state index contributed by atoms with van der Waals surface area (Å²) in [4.78, 5) is 0. The van der Waals surface area contributed by atoms with Crippen LogP contribution in [0.25, 0.3) is 33.4 Å². The van der Waals surface area contributed by atoms with Gasteiger partial charge in [0.2, 0.25) is 0 Å².